The highest BCUT2D eigenvalue weighted by molar-refractivity contribution is 4.86. The highest BCUT2D eigenvalue weighted by Gasteiger charge is 1.98. The molecule has 0 saturated heterocycles. The Balaban J connectivity index is 3.08. The third-order valence-corrected chi connectivity index (χ3v) is 0.724. The van der Waals surface area contributed by atoms with E-state index in [1.54, 1.807) is 0 Å². The molecule has 1 rings (SSSR count). The molecule has 1 heterocycles. The molecule has 0 bridgehead atoms. The summed E-state index contributed by atoms with van der Waals surface area (Å²) in [6.45, 7) is 0. The minimum atomic E-state index is -0.662. The van der Waals surface area contributed by atoms with Gasteiger partial charge in [-0.15, -0.1) is 8.78 Å². The van der Waals surface area contributed by atoms with Crippen LogP contribution >= 0.6 is 0 Å². The van der Waals surface area contributed by atoms with Gasteiger partial charge in [0.2, 0.25) is 0 Å². The van der Waals surface area contributed by atoms with Gasteiger partial charge in [-0.3, -0.25) is 0 Å². The van der Waals surface area contributed by atoms with Gasteiger partial charge in [-0.05, 0) is 6.07 Å². The number of pyridine rings is 1. The van der Waals surface area contributed by atoms with Crippen molar-refractivity contribution in [1.82, 2.24) is 0 Å². The van der Waals surface area contributed by atoms with Crippen molar-refractivity contribution in [2.45, 2.75) is 0 Å². The molecule has 1 N–H and O–H groups in total. The van der Waals surface area contributed by atoms with Crippen molar-refractivity contribution in [3.8, 4) is 0 Å². The SMILES string of the molecule is Fc1cccc(F)[nH+]1. The second-order valence-electron chi connectivity index (χ2n) is 1.35. The summed E-state index contributed by atoms with van der Waals surface area (Å²) >= 11 is 0. The minimum Gasteiger partial charge on any atom is -0.154 e. The summed E-state index contributed by atoms with van der Waals surface area (Å²) in [7, 11) is 0. The molecule has 0 spiro atoms. The van der Waals surface area contributed by atoms with E-state index in [9.17, 15) is 8.78 Å². The summed E-state index contributed by atoms with van der Waals surface area (Å²) in [5.74, 6) is -1.32. The predicted molar refractivity (Wildman–Crippen MR) is 22.9 cm³/mol. The first kappa shape index (κ1) is 5.15. The van der Waals surface area contributed by atoms with Crippen LogP contribution in [-0.2, 0) is 0 Å². The van der Waals surface area contributed by atoms with Crippen molar-refractivity contribution < 1.29 is 13.8 Å². The molecule has 0 amide bonds. The highest BCUT2D eigenvalue weighted by Crippen LogP contribution is 1.87. The molecule has 1 aromatic rings. The van der Waals surface area contributed by atoms with Crippen LogP contribution < -0.4 is 4.98 Å². The lowest BCUT2D eigenvalue weighted by molar-refractivity contribution is -0.461. The van der Waals surface area contributed by atoms with Crippen molar-refractivity contribution in [2.75, 3.05) is 0 Å². The first-order valence-corrected chi connectivity index (χ1v) is 2.12. The van der Waals surface area contributed by atoms with Gasteiger partial charge in [0, 0.05) is 12.1 Å². The van der Waals surface area contributed by atoms with E-state index in [1.807, 2.05) is 4.98 Å². The molecule has 3 heteroatoms. The van der Waals surface area contributed by atoms with E-state index in [0.717, 1.165) is 12.1 Å². The molecule has 0 saturated carbocycles. The van der Waals surface area contributed by atoms with Crippen LogP contribution in [-0.4, -0.2) is 0 Å². The van der Waals surface area contributed by atoms with Crippen LogP contribution in [0.15, 0.2) is 18.2 Å². The lowest BCUT2D eigenvalue weighted by Crippen LogP contribution is -2.12. The maximum Gasteiger partial charge on any atom is 0.360 e. The third-order valence-electron chi connectivity index (χ3n) is 0.724. The Kier molecular flexibility index (Phi) is 1.20. The Morgan fingerprint density at radius 1 is 1.12 bits per heavy atom. The van der Waals surface area contributed by atoms with Crippen molar-refractivity contribution in [3.63, 3.8) is 0 Å². The Bertz CT molecular complexity index is 170. The first-order valence-electron chi connectivity index (χ1n) is 2.12. The molecule has 0 aliphatic rings. The number of H-pyrrole nitrogens is 1. The first-order chi connectivity index (χ1) is 3.79. The molecule has 1 aromatic heterocycles. The summed E-state index contributed by atoms with van der Waals surface area (Å²) in [6, 6.07) is 3.58. The summed E-state index contributed by atoms with van der Waals surface area (Å²) in [6.07, 6.45) is 0. The number of halogens is 2. The zero-order chi connectivity index (χ0) is 5.98. The van der Waals surface area contributed by atoms with Gasteiger partial charge in [0.25, 0.3) is 0 Å². The van der Waals surface area contributed by atoms with Crippen LogP contribution in [0, 0.1) is 11.9 Å². The molecular weight excluding hydrogens is 112 g/mol. The summed E-state index contributed by atoms with van der Waals surface area (Å²) < 4.78 is 23.7. The van der Waals surface area contributed by atoms with Gasteiger partial charge in [0.05, 0.1) is 0 Å². The smallest absolute Gasteiger partial charge is 0.154 e. The van der Waals surface area contributed by atoms with E-state index in [2.05, 4.69) is 0 Å². The summed E-state index contributed by atoms with van der Waals surface area (Å²) in [5.41, 5.74) is 0. The second kappa shape index (κ2) is 1.86. The van der Waals surface area contributed by atoms with Gasteiger partial charge in [0.15, 0.2) is 0 Å². The van der Waals surface area contributed by atoms with E-state index < -0.39 is 11.9 Å². The van der Waals surface area contributed by atoms with Crippen molar-refractivity contribution in [3.05, 3.63) is 30.1 Å². The third kappa shape index (κ3) is 0.992. The molecule has 0 unspecified atom stereocenters. The Morgan fingerprint density at radius 3 is 1.88 bits per heavy atom. The number of hydrogen-bond acceptors (Lipinski definition) is 0. The molecule has 42 valence electrons. The maximum absolute atomic E-state index is 11.9. The maximum atomic E-state index is 11.9. The van der Waals surface area contributed by atoms with Gasteiger partial charge in [-0.1, -0.05) is 0 Å². The zero-order valence-electron chi connectivity index (χ0n) is 3.99. The Morgan fingerprint density at radius 2 is 1.62 bits per heavy atom. The van der Waals surface area contributed by atoms with E-state index in [-0.39, 0.29) is 0 Å². The standard InChI is InChI=1S/C5H3F2N/c6-4-2-1-3-5(7)8-4/h1-3H/p+1. The largest absolute Gasteiger partial charge is 0.360 e. The van der Waals surface area contributed by atoms with Crippen LogP contribution in [0.2, 0.25) is 0 Å². The van der Waals surface area contributed by atoms with Gasteiger partial charge < -0.3 is 0 Å². The fraction of sp³-hybridized carbons (Fsp3) is 0. The number of aromatic nitrogens is 1. The van der Waals surface area contributed by atoms with Crippen molar-refractivity contribution in [2.24, 2.45) is 0 Å². The molecule has 0 aliphatic carbocycles. The van der Waals surface area contributed by atoms with E-state index in [4.69, 9.17) is 0 Å². The average Bonchev–Trinajstić information content (AvgIpc) is 1.64. The summed E-state index contributed by atoms with van der Waals surface area (Å²) in [5, 5.41) is 0. The van der Waals surface area contributed by atoms with Crippen molar-refractivity contribution in [1.29, 1.82) is 0 Å². The van der Waals surface area contributed by atoms with E-state index in [1.165, 1.54) is 6.07 Å². The van der Waals surface area contributed by atoms with Crippen LogP contribution in [0.25, 0.3) is 0 Å². The van der Waals surface area contributed by atoms with Crippen LogP contribution in [0.4, 0.5) is 8.78 Å². The van der Waals surface area contributed by atoms with Crippen LogP contribution in [0.5, 0.6) is 0 Å². The lowest BCUT2D eigenvalue weighted by atomic mass is 10.5. The van der Waals surface area contributed by atoms with Gasteiger partial charge in [-0.2, -0.15) is 4.98 Å². The quantitative estimate of drug-likeness (QED) is 0.445. The highest BCUT2D eigenvalue weighted by atomic mass is 19.1. The predicted octanol–water partition coefficient (Wildman–Crippen LogP) is 0.779. The van der Waals surface area contributed by atoms with Gasteiger partial charge in [0.1, 0.15) is 0 Å². The summed E-state index contributed by atoms with van der Waals surface area (Å²) in [4.78, 5) is 1.84. The van der Waals surface area contributed by atoms with Gasteiger partial charge in [-0.25, -0.2) is 0 Å². The monoisotopic (exact) mass is 116 g/mol. The molecule has 0 radical (unpaired) electrons. The fourth-order valence-electron chi connectivity index (χ4n) is 0.414. The number of nitrogens with one attached hydrogen (secondary N) is 1. The number of aromatic amines is 1. The Hall–Kier alpha value is -0.990. The molecular formula is C5H4F2N+. The second-order valence-corrected chi connectivity index (χ2v) is 1.35. The molecule has 0 aromatic carbocycles. The van der Waals surface area contributed by atoms with E-state index >= 15 is 0 Å². The molecule has 8 heavy (non-hydrogen) atoms. The number of hydrogen-bond donors (Lipinski definition) is 0. The van der Waals surface area contributed by atoms with Crippen molar-refractivity contribution >= 4 is 0 Å². The van der Waals surface area contributed by atoms with Crippen LogP contribution in [0.3, 0.4) is 0 Å². The van der Waals surface area contributed by atoms with Gasteiger partial charge >= 0.3 is 11.9 Å². The molecule has 0 atom stereocenters. The molecule has 0 aliphatic heterocycles. The topological polar surface area (TPSA) is 14.1 Å². The number of rotatable bonds is 0. The fourth-order valence-corrected chi connectivity index (χ4v) is 0.414. The molecule has 0 fully saturated rings. The van der Waals surface area contributed by atoms with Crippen LogP contribution in [0.1, 0.15) is 0 Å². The zero-order valence-corrected chi connectivity index (χ0v) is 3.99. The Labute approximate surface area is 45.0 Å². The van der Waals surface area contributed by atoms with E-state index in [0.29, 0.717) is 0 Å². The normalized spacial score (nSPS) is 9.25. The lowest BCUT2D eigenvalue weighted by Gasteiger charge is -1.75. The molecule has 1 nitrogen and oxygen atoms in total. The minimum absolute atomic E-state index is 0.662. The average molecular weight is 116 g/mol.